The molecular formula is C12H15N5. The summed E-state index contributed by atoms with van der Waals surface area (Å²) < 4.78 is 0. The fourth-order valence-electron chi connectivity index (χ4n) is 1.61. The minimum atomic E-state index is 0.637. The van der Waals surface area contributed by atoms with Crippen LogP contribution in [0.3, 0.4) is 0 Å². The van der Waals surface area contributed by atoms with Gasteiger partial charge in [0, 0.05) is 30.7 Å². The molecule has 0 aliphatic heterocycles. The minimum Gasteiger partial charge on any atom is -0.352 e. The van der Waals surface area contributed by atoms with Gasteiger partial charge in [0.1, 0.15) is 18.0 Å². The summed E-state index contributed by atoms with van der Waals surface area (Å²) in [6.45, 7) is 4.64. The molecule has 2 heterocycles. The van der Waals surface area contributed by atoms with Crippen molar-refractivity contribution in [3.63, 3.8) is 0 Å². The second-order valence-electron chi connectivity index (χ2n) is 3.93. The quantitative estimate of drug-likeness (QED) is 0.798. The van der Waals surface area contributed by atoms with Gasteiger partial charge in [0.25, 0.3) is 0 Å². The standard InChI is InChI=1S/C12H15N5/c1-9-10(2)15-8-16-12(9)17(3)7-11-13-5-4-6-14-11/h4-6,8H,7H2,1-3H3. The zero-order valence-corrected chi connectivity index (χ0v) is 10.3. The van der Waals surface area contributed by atoms with Crippen molar-refractivity contribution >= 4 is 5.82 Å². The normalized spacial score (nSPS) is 10.3. The van der Waals surface area contributed by atoms with E-state index in [0.717, 1.165) is 22.9 Å². The fraction of sp³-hybridized carbons (Fsp3) is 0.333. The van der Waals surface area contributed by atoms with Gasteiger partial charge in [-0.05, 0) is 19.9 Å². The van der Waals surface area contributed by atoms with Gasteiger partial charge in [0.2, 0.25) is 0 Å². The molecule has 0 amide bonds. The lowest BCUT2D eigenvalue weighted by Gasteiger charge is -2.19. The van der Waals surface area contributed by atoms with Gasteiger partial charge in [0.15, 0.2) is 0 Å². The summed E-state index contributed by atoms with van der Waals surface area (Å²) in [7, 11) is 1.98. The van der Waals surface area contributed by atoms with Crippen LogP contribution in [-0.4, -0.2) is 27.0 Å². The van der Waals surface area contributed by atoms with Gasteiger partial charge in [-0.3, -0.25) is 0 Å². The Kier molecular flexibility index (Phi) is 3.27. The molecule has 2 rings (SSSR count). The number of nitrogens with zero attached hydrogens (tertiary/aromatic N) is 5. The minimum absolute atomic E-state index is 0.637. The molecule has 0 atom stereocenters. The number of aromatic nitrogens is 4. The first-order chi connectivity index (χ1) is 8.18. The van der Waals surface area contributed by atoms with E-state index >= 15 is 0 Å². The van der Waals surface area contributed by atoms with Crippen molar-refractivity contribution in [3.05, 3.63) is 41.9 Å². The molecule has 5 heteroatoms. The van der Waals surface area contributed by atoms with E-state index in [1.54, 1.807) is 18.7 Å². The highest BCUT2D eigenvalue weighted by atomic mass is 15.2. The second-order valence-corrected chi connectivity index (χ2v) is 3.93. The maximum atomic E-state index is 4.29. The van der Waals surface area contributed by atoms with Gasteiger partial charge in [-0.1, -0.05) is 0 Å². The van der Waals surface area contributed by atoms with E-state index in [1.807, 2.05) is 31.9 Å². The van der Waals surface area contributed by atoms with Gasteiger partial charge in [-0.2, -0.15) is 0 Å². The van der Waals surface area contributed by atoms with Crippen LogP contribution in [0.25, 0.3) is 0 Å². The Balaban J connectivity index is 2.20. The monoisotopic (exact) mass is 229 g/mol. The van der Waals surface area contributed by atoms with E-state index in [-0.39, 0.29) is 0 Å². The lowest BCUT2D eigenvalue weighted by atomic mass is 10.2. The topological polar surface area (TPSA) is 54.8 Å². The molecule has 5 nitrogen and oxygen atoms in total. The number of hydrogen-bond donors (Lipinski definition) is 0. The summed E-state index contributed by atoms with van der Waals surface area (Å²) in [6.07, 6.45) is 5.07. The van der Waals surface area contributed by atoms with Crippen LogP contribution in [0.15, 0.2) is 24.8 Å². The summed E-state index contributed by atoms with van der Waals surface area (Å²) in [5.41, 5.74) is 2.08. The smallest absolute Gasteiger partial charge is 0.147 e. The summed E-state index contributed by atoms with van der Waals surface area (Å²) in [5.74, 6) is 1.70. The first-order valence-corrected chi connectivity index (χ1v) is 5.43. The third-order valence-corrected chi connectivity index (χ3v) is 2.67. The third-order valence-electron chi connectivity index (χ3n) is 2.67. The molecule has 2 aromatic heterocycles. The molecule has 0 spiro atoms. The van der Waals surface area contributed by atoms with Crippen molar-refractivity contribution in [3.8, 4) is 0 Å². The molecule has 0 aromatic carbocycles. The van der Waals surface area contributed by atoms with E-state index in [9.17, 15) is 0 Å². The predicted molar refractivity (Wildman–Crippen MR) is 65.6 cm³/mol. The van der Waals surface area contributed by atoms with Crippen molar-refractivity contribution in [2.75, 3.05) is 11.9 Å². The summed E-state index contributed by atoms with van der Waals surface area (Å²) in [4.78, 5) is 18.9. The molecule has 0 saturated heterocycles. The van der Waals surface area contributed by atoms with Crippen LogP contribution in [0.4, 0.5) is 5.82 Å². The number of aryl methyl sites for hydroxylation is 1. The van der Waals surface area contributed by atoms with Crippen molar-refractivity contribution in [1.82, 2.24) is 19.9 Å². The maximum Gasteiger partial charge on any atom is 0.147 e. The summed E-state index contributed by atoms with van der Waals surface area (Å²) in [6, 6.07) is 1.81. The van der Waals surface area contributed by atoms with Crippen LogP contribution in [0.2, 0.25) is 0 Å². The van der Waals surface area contributed by atoms with Crippen molar-refractivity contribution in [2.24, 2.45) is 0 Å². The SMILES string of the molecule is Cc1ncnc(N(C)Cc2ncccn2)c1C. The molecule has 88 valence electrons. The molecule has 0 saturated carbocycles. The molecule has 0 bridgehead atoms. The molecule has 17 heavy (non-hydrogen) atoms. The maximum absolute atomic E-state index is 4.29. The largest absolute Gasteiger partial charge is 0.352 e. The summed E-state index contributed by atoms with van der Waals surface area (Å²) >= 11 is 0. The Morgan fingerprint density at radius 2 is 1.76 bits per heavy atom. The Hall–Kier alpha value is -2.04. The molecule has 0 radical (unpaired) electrons. The van der Waals surface area contributed by atoms with Gasteiger partial charge in [-0.25, -0.2) is 19.9 Å². The first-order valence-electron chi connectivity index (χ1n) is 5.43. The van der Waals surface area contributed by atoms with Gasteiger partial charge < -0.3 is 4.90 Å². The van der Waals surface area contributed by atoms with Crippen LogP contribution < -0.4 is 4.90 Å². The lowest BCUT2D eigenvalue weighted by Crippen LogP contribution is -2.20. The molecular weight excluding hydrogens is 214 g/mol. The van der Waals surface area contributed by atoms with E-state index in [0.29, 0.717) is 6.54 Å². The average molecular weight is 229 g/mol. The van der Waals surface area contributed by atoms with E-state index in [4.69, 9.17) is 0 Å². The molecule has 0 unspecified atom stereocenters. The van der Waals surface area contributed by atoms with Gasteiger partial charge >= 0.3 is 0 Å². The zero-order chi connectivity index (χ0) is 12.3. The van der Waals surface area contributed by atoms with Crippen LogP contribution >= 0.6 is 0 Å². The Labute approximate surface area is 101 Å². The lowest BCUT2D eigenvalue weighted by molar-refractivity contribution is 0.813. The number of anilines is 1. The summed E-state index contributed by atoms with van der Waals surface area (Å²) in [5, 5.41) is 0. The van der Waals surface area contributed by atoms with Crippen molar-refractivity contribution in [1.29, 1.82) is 0 Å². The average Bonchev–Trinajstić information content (AvgIpc) is 2.34. The van der Waals surface area contributed by atoms with Gasteiger partial charge in [0.05, 0.1) is 6.54 Å². The Morgan fingerprint density at radius 1 is 1.06 bits per heavy atom. The Bertz CT molecular complexity index is 498. The van der Waals surface area contributed by atoms with Crippen LogP contribution in [0, 0.1) is 13.8 Å². The fourth-order valence-corrected chi connectivity index (χ4v) is 1.61. The van der Waals surface area contributed by atoms with Crippen LogP contribution in [0.5, 0.6) is 0 Å². The van der Waals surface area contributed by atoms with E-state index in [1.165, 1.54) is 0 Å². The van der Waals surface area contributed by atoms with Crippen LogP contribution in [0.1, 0.15) is 17.1 Å². The highest BCUT2D eigenvalue weighted by Gasteiger charge is 2.09. The Morgan fingerprint density at radius 3 is 2.47 bits per heavy atom. The van der Waals surface area contributed by atoms with Gasteiger partial charge in [-0.15, -0.1) is 0 Å². The second kappa shape index (κ2) is 4.86. The highest BCUT2D eigenvalue weighted by Crippen LogP contribution is 2.17. The molecule has 0 aliphatic rings. The number of rotatable bonds is 3. The zero-order valence-electron chi connectivity index (χ0n) is 10.3. The molecule has 0 fully saturated rings. The van der Waals surface area contributed by atoms with Crippen LogP contribution in [-0.2, 0) is 6.54 Å². The number of hydrogen-bond acceptors (Lipinski definition) is 5. The van der Waals surface area contributed by atoms with E-state index < -0.39 is 0 Å². The predicted octanol–water partition coefficient (Wildman–Crippen LogP) is 1.52. The highest BCUT2D eigenvalue weighted by molar-refractivity contribution is 5.46. The first kappa shape index (κ1) is 11.4. The molecule has 2 aromatic rings. The van der Waals surface area contributed by atoms with Crippen molar-refractivity contribution < 1.29 is 0 Å². The third kappa shape index (κ3) is 2.55. The van der Waals surface area contributed by atoms with E-state index in [2.05, 4.69) is 19.9 Å². The molecule has 0 N–H and O–H groups in total. The van der Waals surface area contributed by atoms with Crippen molar-refractivity contribution in [2.45, 2.75) is 20.4 Å². The molecule has 0 aliphatic carbocycles.